The van der Waals surface area contributed by atoms with Crippen molar-refractivity contribution in [2.24, 2.45) is 17.6 Å². The van der Waals surface area contributed by atoms with Crippen LogP contribution in [0.3, 0.4) is 0 Å². The number of allylic oxidation sites excluding steroid dienone is 1. The molecule has 0 aromatic heterocycles. The van der Waals surface area contributed by atoms with Gasteiger partial charge in [0.25, 0.3) is 5.91 Å². The molecule has 3 aliphatic rings. The number of likely N-dealkylation sites (N-methyl/N-ethyl adjacent to an activating group) is 1. The maximum absolute atomic E-state index is 14.0. The van der Waals surface area contributed by atoms with Gasteiger partial charge >= 0.3 is 6.09 Å². The van der Waals surface area contributed by atoms with Crippen molar-refractivity contribution < 1.29 is 44.3 Å². The Morgan fingerprint density at radius 2 is 1.88 bits per heavy atom. The second-order valence-electron chi connectivity index (χ2n) is 11.2. The molecule has 7 N–H and O–H groups in total. The van der Waals surface area contributed by atoms with Crippen LogP contribution in [0, 0.1) is 11.8 Å². The molecule has 3 aliphatic carbocycles. The number of amides is 2. The van der Waals surface area contributed by atoms with Crippen molar-refractivity contribution in [3.8, 4) is 5.75 Å². The van der Waals surface area contributed by atoms with Crippen molar-refractivity contribution in [1.82, 2.24) is 10.2 Å². The van der Waals surface area contributed by atoms with Crippen molar-refractivity contribution in [1.29, 1.82) is 0 Å². The number of aliphatic hydroxyl groups excluding tert-OH is 2. The van der Waals surface area contributed by atoms with Gasteiger partial charge in [0.2, 0.25) is 5.78 Å². The lowest BCUT2D eigenvalue weighted by molar-refractivity contribution is -0.148. The second-order valence-corrected chi connectivity index (χ2v) is 11.2. The summed E-state index contributed by atoms with van der Waals surface area (Å²) in [5.74, 6) is -7.21. The molecule has 2 amide bonds. The standard InChI is InChI=1S/C29H36N4O9/c1-6-7-8-42-28(40)31-12-14-11-17(32(2)3)15-9-13-10-16-21(33(4)5)24(36)20(27(30)39)26(38)29(16,41)25(37)18(13)23(35)19(15)22(14)34/h6,11,13,16,21,34,36-37,41H,1,7-10,12H2,2-5H3,(H2,30,39)(H,31,40)/t13-,16-,21-,29-/m1/s1. The highest BCUT2D eigenvalue weighted by molar-refractivity contribution is 6.25. The SMILES string of the molecule is C=CCCOC(=O)NCc1cc(N(C)C)c2c(c1O)C(=O)C1=C(O)[C@@]3(O)C(=O)C(C(N)=O)=C(O)[C@H](N(C)C)[C@H]3C[C@H]1C2. The van der Waals surface area contributed by atoms with Crippen LogP contribution in [0.15, 0.2) is 41.4 Å². The molecule has 0 radical (unpaired) electrons. The zero-order valence-electron chi connectivity index (χ0n) is 23.9. The number of carbonyl (C=O) groups excluding carboxylic acids is 4. The fourth-order valence-corrected chi connectivity index (χ4v) is 6.34. The average Bonchev–Trinajstić information content (AvgIpc) is 2.89. The summed E-state index contributed by atoms with van der Waals surface area (Å²) >= 11 is 0. The fourth-order valence-electron chi connectivity index (χ4n) is 6.34. The number of primary amides is 1. The number of rotatable bonds is 8. The van der Waals surface area contributed by atoms with E-state index in [2.05, 4.69) is 11.9 Å². The van der Waals surface area contributed by atoms with E-state index in [1.807, 2.05) is 0 Å². The summed E-state index contributed by atoms with van der Waals surface area (Å²) in [5.41, 5.74) is 2.64. The molecule has 4 atom stereocenters. The molecule has 0 heterocycles. The van der Waals surface area contributed by atoms with Gasteiger partial charge in [0.1, 0.15) is 22.8 Å². The molecule has 1 aromatic rings. The lowest BCUT2D eigenvalue weighted by Gasteiger charge is -2.50. The van der Waals surface area contributed by atoms with Crippen LogP contribution in [0.5, 0.6) is 5.75 Å². The van der Waals surface area contributed by atoms with E-state index < -0.39 is 69.9 Å². The molecule has 0 unspecified atom stereocenters. The number of anilines is 1. The summed E-state index contributed by atoms with van der Waals surface area (Å²) in [6, 6.07) is 0.566. The lowest BCUT2D eigenvalue weighted by Crippen LogP contribution is -2.63. The summed E-state index contributed by atoms with van der Waals surface area (Å²) < 4.78 is 5.03. The van der Waals surface area contributed by atoms with Gasteiger partial charge in [-0.1, -0.05) is 6.08 Å². The maximum atomic E-state index is 14.0. The molecule has 42 heavy (non-hydrogen) atoms. The number of fused-ring (bicyclic) bond motifs is 3. The summed E-state index contributed by atoms with van der Waals surface area (Å²) in [7, 11) is 6.63. The minimum atomic E-state index is -2.72. The minimum Gasteiger partial charge on any atom is -0.510 e. The van der Waals surface area contributed by atoms with Gasteiger partial charge in [-0.15, -0.1) is 6.58 Å². The Morgan fingerprint density at radius 3 is 2.45 bits per heavy atom. The number of Topliss-reactive ketones (excluding diaryl/α,β-unsaturated/α-hetero) is 2. The van der Waals surface area contributed by atoms with E-state index in [9.17, 15) is 39.6 Å². The number of carbonyl (C=O) groups is 4. The largest absolute Gasteiger partial charge is 0.510 e. The summed E-state index contributed by atoms with van der Waals surface area (Å²) in [6.45, 7) is 3.48. The lowest BCUT2D eigenvalue weighted by atomic mass is 9.58. The number of alkyl carbamates (subject to hydrolysis) is 1. The van der Waals surface area contributed by atoms with Crippen LogP contribution in [-0.2, 0) is 27.3 Å². The Bertz CT molecular complexity index is 1440. The van der Waals surface area contributed by atoms with Gasteiger partial charge in [0.15, 0.2) is 11.4 Å². The van der Waals surface area contributed by atoms with E-state index in [-0.39, 0.29) is 42.7 Å². The Labute approximate surface area is 242 Å². The van der Waals surface area contributed by atoms with Crippen LogP contribution in [0.4, 0.5) is 10.5 Å². The van der Waals surface area contributed by atoms with Crippen molar-refractivity contribution in [3.63, 3.8) is 0 Å². The van der Waals surface area contributed by atoms with Crippen molar-refractivity contribution in [3.05, 3.63) is 58.1 Å². The number of phenolic OH excluding ortho intramolecular Hbond substituents is 1. The number of aliphatic hydroxyl groups is 3. The monoisotopic (exact) mass is 584 g/mol. The number of hydrogen-bond acceptors (Lipinski definition) is 11. The Balaban J connectivity index is 1.83. The fraction of sp³-hybridized carbons (Fsp3) is 0.448. The van der Waals surface area contributed by atoms with Gasteiger partial charge in [-0.2, -0.15) is 0 Å². The highest BCUT2D eigenvalue weighted by atomic mass is 16.5. The van der Waals surface area contributed by atoms with E-state index in [0.717, 1.165) is 0 Å². The highest BCUT2D eigenvalue weighted by Gasteiger charge is 2.63. The molecule has 0 spiro atoms. The van der Waals surface area contributed by atoms with Gasteiger partial charge in [-0.3, -0.25) is 19.3 Å². The first-order valence-electron chi connectivity index (χ1n) is 13.4. The normalized spacial score (nSPS) is 25.0. The maximum Gasteiger partial charge on any atom is 0.407 e. The number of ketones is 2. The van der Waals surface area contributed by atoms with Gasteiger partial charge in [0.05, 0.1) is 18.2 Å². The van der Waals surface area contributed by atoms with Gasteiger partial charge in [-0.25, -0.2) is 4.79 Å². The van der Waals surface area contributed by atoms with E-state index >= 15 is 0 Å². The Hall–Kier alpha value is -4.36. The number of ether oxygens (including phenoxy) is 1. The van der Waals surface area contributed by atoms with E-state index in [0.29, 0.717) is 17.7 Å². The van der Waals surface area contributed by atoms with Crippen LogP contribution in [0.2, 0.25) is 0 Å². The van der Waals surface area contributed by atoms with E-state index in [4.69, 9.17) is 10.5 Å². The van der Waals surface area contributed by atoms with Crippen LogP contribution in [0.1, 0.15) is 34.3 Å². The first-order valence-corrected chi connectivity index (χ1v) is 13.4. The molecular weight excluding hydrogens is 548 g/mol. The quantitative estimate of drug-likeness (QED) is 0.144. The molecule has 0 bridgehead atoms. The van der Waals surface area contributed by atoms with Crippen LogP contribution < -0.4 is 16.0 Å². The molecular formula is C29H36N4O9. The highest BCUT2D eigenvalue weighted by Crippen LogP contribution is 2.53. The number of nitrogens with two attached hydrogens (primary N) is 1. The predicted octanol–water partition coefficient (Wildman–Crippen LogP) is 0.989. The number of benzene rings is 1. The smallest absolute Gasteiger partial charge is 0.407 e. The Morgan fingerprint density at radius 1 is 1.21 bits per heavy atom. The van der Waals surface area contributed by atoms with Gasteiger partial charge in [-0.05, 0) is 50.9 Å². The van der Waals surface area contributed by atoms with Gasteiger partial charge in [0, 0.05) is 43.4 Å². The molecule has 0 saturated carbocycles. The topological polar surface area (TPSA) is 203 Å². The first-order chi connectivity index (χ1) is 19.7. The van der Waals surface area contributed by atoms with E-state index in [1.165, 1.54) is 4.90 Å². The van der Waals surface area contributed by atoms with Crippen LogP contribution in [0.25, 0.3) is 0 Å². The van der Waals surface area contributed by atoms with Crippen LogP contribution in [-0.4, -0.2) is 95.3 Å². The van der Waals surface area contributed by atoms with Gasteiger partial charge < -0.3 is 41.1 Å². The predicted molar refractivity (Wildman–Crippen MR) is 151 cm³/mol. The summed E-state index contributed by atoms with van der Waals surface area (Å²) in [6.07, 6.45) is 1.44. The molecule has 0 aliphatic heterocycles. The zero-order valence-corrected chi connectivity index (χ0v) is 23.9. The van der Waals surface area contributed by atoms with Crippen molar-refractivity contribution in [2.75, 3.05) is 39.7 Å². The number of hydrogen-bond donors (Lipinski definition) is 6. The first kappa shape index (κ1) is 30.6. The van der Waals surface area contributed by atoms with Crippen molar-refractivity contribution in [2.45, 2.75) is 37.5 Å². The summed E-state index contributed by atoms with van der Waals surface area (Å²) in [5, 5.41) is 47.9. The number of nitrogens with one attached hydrogen (secondary N) is 1. The molecule has 226 valence electrons. The molecule has 1 aromatic carbocycles. The third kappa shape index (κ3) is 4.68. The summed E-state index contributed by atoms with van der Waals surface area (Å²) in [4.78, 5) is 55.0. The molecule has 0 saturated heterocycles. The minimum absolute atomic E-state index is 0.0146. The molecule has 13 nitrogen and oxygen atoms in total. The number of nitrogens with zero attached hydrogens (tertiary/aromatic N) is 2. The van der Waals surface area contributed by atoms with E-state index in [1.54, 1.807) is 45.2 Å². The number of phenols is 1. The average molecular weight is 585 g/mol. The molecule has 4 rings (SSSR count). The molecule has 0 fully saturated rings. The van der Waals surface area contributed by atoms with Crippen molar-refractivity contribution >= 4 is 29.3 Å². The number of aromatic hydroxyl groups is 1. The third-order valence-electron chi connectivity index (χ3n) is 8.24. The third-order valence-corrected chi connectivity index (χ3v) is 8.24. The molecule has 13 heteroatoms. The van der Waals surface area contributed by atoms with Crippen LogP contribution >= 0.6 is 0 Å². The zero-order chi connectivity index (χ0) is 31.3. The second kappa shape index (κ2) is 11.1. The Kier molecular flexibility index (Phi) is 8.11.